The van der Waals surface area contributed by atoms with Crippen LogP contribution in [0.25, 0.3) is 0 Å². The average Bonchev–Trinajstić information content (AvgIpc) is 2.02. The largest absolute Gasteiger partial charge is 0.465 e. The standard InChI is InChI=1S/C8H13NO4/c1-2-13-7(11)8(4-12-5-8)6(10)3-9/h2-5,9H2,1H3. The van der Waals surface area contributed by atoms with Crippen molar-refractivity contribution in [1.82, 2.24) is 0 Å². The summed E-state index contributed by atoms with van der Waals surface area (Å²) in [6.07, 6.45) is 0. The molecule has 1 heterocycles. The van der Waals surface area contributed by atoms with Gasteiger partial charge in [0.1, 0.15) is 0 Å². The molecule has 0 aromatic carbocycles. The maximum Gasteiger partial charge on any atom is 0.324 e. The lowest BCUT2D eigenvalue weighted by atomic mass is 9.81. The molecule has 1 aliphatic heterocycles. The summed E-state index contributed by atoms with van der Waals surface area (Å²) < 4.78 is 9.63. The highest BCUT2D eigenvalue weighted by Gasteiger charge is 2.52. The van der Waals surface area contributed by atoms with Crippen LogP contribution in [0.15, 0.2) is 0 Å². The van der Waals surface area contributed by atoms with Crippen molar-refractivity contribution in [3.8, 4) is 0 Å². The highest BCUT2D eigenvalue weighted by atomic mass is 16.6. The number of nitrogens with two attached hydrogens (primary N) is 1. The van der Waals surface area contributed by atoms with E-state index in [0.717, 1.165) is 0 Å². The van der Waals surface area contributed by atoms with Gasteiger partial charge in [-0.05, 0) is 6.92 Å². The quantitative estimate of drug-likeness (QED) is 0.455. The molecule has 0 bridgehead atoms. The zero-order chi connectivity index (χ0) is 9.90. The van der Waals surface area contributed by atoms with Gasteiger partial charge in [0.2, 0.25) is 0 Å². The summed E-state index contributed by atoms with van der Waals surface area (Å²) >= 11 is 0. The van der Waals surface area contributed by atoms with Crippen LogP contribution in [0.1, 0.15) is 6.92 Å². The molecule has 0 atom stereocenters. The number of hydrogen-bond donors (Lipinski definition) is 1. The van der Waals surface area contributed by atoms with Crippen LogP contribution in [-0.4, -0.2) is 38.1 Å². The van der Waals surface area contributed by atoms with Gasteiger partial charge in [-0.2, -0.15) is 0 Å². The van der Waals surface area contributed by atoms with Crippen LogP contribution in [0.4, 0.5) is 0 Å². The van der Waals surface area contributed by atoms with Gasteiger partial charge < -0.3 is 15.2 Å². The minimum Gasteiger partial charge on any atom is -0.465 e. The Kier molecular flexibility index (Phi) is 3.00. The fourth-order valence-corrected chi connectivity index (χ4v) is 1.16. The Labute approximate surface area is 76.2 Å². The van der Waals surface area contributed by atoms with E-state index in [9.17, 15) is 9.59 Å². The van der Waals surface area contributed by atoms with Crippen molar-refractivity contribution in [2.24, 2.45) is 11.1 Å². The molecule has 1 rings (SSSR count). The molecule has 2 N–H and O–H groups in total. The van der Waals surface area contributed by atoms with Crippen LogP contribution < -0.4 is 5.73 Å². The van der Waals surface area contributed by atoms with Gasteiger partial charge in [-0.3, -0.25) is 9.59 Å². The molecule has 0 aromatic rings. The van der Waals surface area contributed by atoms with Crippen LogP contribution in [0.2, 0.25) is 0 Å². The van der Waals surface area contributed by atoms with E-state index in [1.54, 1.807) is 6.92 Å². The first-order valence-corrected chi connectivity index (χ1v) is 4.15. The summed E-state index contributed by atoms with van der Waals surface area (Å²) in [5.41, 5.74) is 4.08. The minimum absolute atomic E-state index is 0.0991. The van der Waals surface area contributed by atoms with Gasteiger partial charge in [0.25, 0.3) is 0 Å². The van der Waals surface area contributed by atoms with E-state index in [4.69, 9.17) is 15.2 Å². The number of Topliss-reactive ketones (excluding diaryl/α,β-unsaturated/α-hetero) is 1. The summed E-state index contributed by atoms with van der Waals surface area (Å²) in [7, 11) is 0. The molecular weight excluding hydrogens is 174 g/mol. The second-order valence-electron chi connectivity index (χ2n) is 2.92. The second kappa shape index (κ2) is 3.85. The first-order valence-electron chi connectivity index (χ1n) is 4.15. The van der Waals surface area contributed by atoms with Gasteiger partial charge in [-0.15, -0.1) is 0 Å². The third-order valence-electron chi connectivity index (χ3n) is 2.08. The maximum atomic E-state index is 11.4. The number of carbonyl (C=O) groups excluding carboxylic acids is 2. The number of rotatable bonds is 4. The zero-order valence-corrected chi connectivity index (χ0v) is 7.54. The fourth-order valence-electron chi connectivity index (χ4n) is 1.16. The van der Waals surface area contributed by atoms with Crippen LogP contribution in [0.3, 0.4) is 0 Å². The van der Waals surface area contributed by atoms with E-state index < -0.39 is 11.4 Å². The maximum absolute atomic E-state index is 11.4. The summed E-state index contributed by atoms with van der Waals surface area (Å²) in [5, 5.41) is 0. The van der Waals surface area contributed by atoms with Gasteiger partial charge in [0.05, 0.1) is 26.4 Å². The van der Waals surface area contributed by atoms with E-state index in [1.165, 1.54) is 0 Å². The molecule has 0 aliphatic carbocycles. The zero-order valence-electron chi connectivity index (χ0n) is 7.54. The molecule has 5 nitrogen and oxygen atoms in total. The van der Waals surface area contributed by atoms with Crippen molar-refractivity contribution in [1.29, 1.82) is 0 Å². The van der Waals surface area contributed by atoms with Gasteiger partial charge in [0.15, 0.2) is 11.2 Å². The predicted octanol–water partition coefficient (Wildman–Crippen LogP) is -0.906. The van der Waals surface area contributed by atoms with Gasteiger partial charge in [0, 0.05) is 0 Å². The third kappa shape index (κ3) is 1.57. The third-order valence-corrected chi connectivity index (χ3v) is 2.08. The molecule has 0 aromatic heterocycles. The molecule has 1 fully saturated rings. The Balaban J connectivity index is 2.69. The summed E-state index contributed by atoms with van der Waals surface area (Å²) in [6, 6.07) is 0. The summed E-state index contributed by atoms with van der Waals surface area (Å²) in [5.74, 6) is -0.825. The number of carbonyl (C=O) groups is 2. The van der Waals surface area contributed by atoms with Crippen molar-refractivity contribution >= 4 is 11.8 Å². The van der Waals surface area contributed by atoms with Crippen molar-refractivity contribution in [2.75, 3.05) is 26.4 Å². The van der Waals surface area contributed by atoms with E-state index in [1.807, 2.05) is 0 Å². The van der Waals surface area contributed by atoms with Crippen LogP contribution in [0, 0.1) is 5.41 Å². The van der Waals surface area contributed by atoms with Gasteiger partial charge in [-0.25, -0.2) is 0 Å². The lowest BCUT2D eigenvalue weighted by Crippen LogP contribution is -2.57. The molecule has 5 heteroatoms. The van der Waals surface area contributed by atoms with E-state index in [2.05, 4.69) is 0 Å². The molecule has 74 valence electrons. The lowest BCUT2D eigenvalue weighted by Gasteiger charge is -2.36. The molecule has 1 saturated heterocycles. The van der Waals surface area contributed by atoms with E-state index in [-0.39, 0.29) is 32.1 Å². The van der Waals surface area contributed by atoms with E-state index >= 15 is 0 Å². The molecule has 0 spiro atoms. The Morgan fingerprint density at radius 3 is 2.46 bits per heavy atom. The SMILES string of the molecule is CCOC(=O)C1(C(=O)CN)COC1. The Morgan fingerprint density at radius 2 is 2.15 bits per heavy atom. The Bertz CT molecular complexity index is 222. The van der Waals surface area contributed by atoms with Crippen LogP contribution in [-0.2, 0) is 19.1 Å². The van der Waals surface area contributed by atoms with Gasteiger partial charge >= 0.3 is 5.97 Å². The highest BCUT2D eigenvalue weighted by molar-refractivity contribution is 6.05. The molecule has 0 radical (unpaired) electrons. The summed E-state index contributed by atoms with van der Waals surface area (Å²) in [6.45, 7) is 2.00. The molecule has 0 saturated carbocycles. The van der Waals surface area contributed by atoms with Crippen molar-refractivity contribution in [2.45, 2.75) is 6.92 Å². The molecular formula is C8H13NO4. The molecule has 0 amide bonds. The Morgan fingerprint density at radius 1 is 1.54 bits per heavy atom. The first-order chi connectivity index (χ1) is 6.17. The first kappa shape index (κ1) is 10.1. The fraction of sp³-hybridized carbons (Fsp3) is 0.750. The highest BCUT2D eigenvalue weighted by Crippen LogP contribution is 2.29. The summed E-state index contributed by atoms with van der Waals surface area (Å²) in [4.78, 5) is 22.7. The topological polar surface area (TPSA) is 78.6 Å². The van der Waals surface area contributed by atoms with Crippen molar-refractivity contribution < 1.29 is 19.1 Å². The number of hydrogen-bond acceptors (Lipinski definition) is 5. The molecule has 1 aliphatic rings. The number of ether oxygens (including phenoxy) is 2. The lowest BCUT2D eigenvalue weighted by molar-refractivity contribution is -0.188. The Hall–Kier alpha value is -0.940. The average molecular weight is 187 g/mol. The smallest absolute Gasteiger partial charge is 0.324 e. The van der Waals surface area contributed by atoms with E-state index in [0.29, 0.717) is 0 Å². The van der Waals surface area contributed by atoms with Crippen molar-refractivity contribution in [3.63, 3.8) is 0 Å². The predicted molar refractivity (Wildman–Crippen MR) is 43.9 cm³/mol. The number of ketones is 1. The van der Waals surface area contributed by atoms with Gasteiger partial charge in [-0.1, -0.05) is 0 Å². The minimum atomic E-state index is -1.11. The van der Waals surface area contributed by atoms with Crippen molar-refractivity contribution in [3.05, 3.63) is 0 Å². The monoisotopic (exact) mass is 187 g/mol. The van der Waals surface area contributed by atoms with Crippen LogP contribution >= 0.6 is 0 Å². The number of esters is 1. The normalized spacial score (nSPS) is 18.9. The second-order valence-corrected chi connectivity index (χ2v) is 2.92. The molecule has 13 heavy (non-hydrogen) atoms. The van der Waals surface area contributed by atoms with Crippen LogP contribution in [0.5, 0.6) is 0 Å². The molecule has 0 unspecified atom stereocenters.